The molecule has 7 nitrogen and oxygen atoms in total. The van der Waals surface area contributed by atoms with E-state index in [2.05, 4.69) is 14.7 Å². The molecule has 2 heterocycles. The smallest absolute Gasteiger partial charge is 0.376 e. The molecule has 0 N–H and O–H groups in total. The van der Waals surface area contributed by atoms with Crippen LogP contribution in [0.25, 0.3) is 0 Å². The Labute approximate surface area is 116 Å². The number of hydrogen-bond donors (Lipinski definition) is 0. The van der Waals surface area contributed by atoms with E-state index in [-0.39, 0.29) is 17.7 Å². The third-order valence-corrected chi connectivity index (χ3v) is 3.36. The Bertz CT molecular complexity index is 498. The van der Waals surface area contributed by atoms with Crippen molar-refractivity contribution >= 4 is 17.8 Å². The zero-order chi connectivity index (χ0) is 14.5. The first kappa shape index (κ1) is 14.2. The van der Waals surface area contributed by atoms with Gasteiger partial charge >= 0.3 is 11.9 Å². The number of nitrogens with zero attached hydrogens (tertiary/aromatic N) is 3. The summed E-state index contributed by atoms with van der Waals surface area (Å²) < 4.78 is 9.35. The van der Waals surface area contributed by atoms with Gasteiger partial charge in [0.25, 0.3) is 0 Å². The molecule has 1 saturated heterocycles. The van der Waals surface area contributed by atoms with Crippen LogP contribution in [0.4, 0.5) is 5.82 Å². The summed E-state index contributed by atoms with van der Waals surface area (Å²) in [5.74, 6) is -0.0687. The van der Waals surface area contributed by atoms with Gasteiger partial charge in [0.15, 0.2) is 0 Å². The Kier molecular flexibility index (Phi) is 4.49. The van der Waals surface area contributed by atoms with Gasteiger partial charge in [-0.05, 0) is 18.9 Å². The van der Waals surface area contributed by atoms with Crippen molar-refractivity contribution in [2.75, 3.05) is 32.2 Å². The Morgan fingerprint density at radius 3 is 2.55 bits per heavy atom. The Balaban J connectivity index is 2.03. The molecule has 0 atom stereocenters. The van der Waals surface area contributed by atoms with Gasteiger partial charge in [-0.25, -0.2) is 14.8 Å². The van der Waals surface area contributed by atoms with Gasteiger partial charge in [0, 0.05) is 19.3 Å². The molecule has 1 aromatic rings. The second kappa shape index (κ2) is 6.31. The van der Waals surface area contributed by atoms with Crippen molar-refractivity contribution in [3.63, 3.8) is 0 Å². The number of rotatable bonds is 3. The van der Waals surface area contributed by atoms with Crippen LogP contribution in [0.2, 0.25) is 0 Å². The van der Waals surface area contributed by atoms with Crippen LogP contribution in [-0.4, -0.2) is 49.2 Å². The maximum absolute atomic E-state index is 11.5. The van der Waals surface area contributed by atoms with E-state index in [0.717, 1.165) is 0 Å². The largest absolute Gasteiger partial charge is 0.469 e. The van der Waals surface area contributed by atoms with Crippen molar-refractivity contribution in [3.8, 4) is 0 Å². The highest BCUT2D eigenvalue weighted by Gasteiger charge is 2.26. The van der Waals surface area contributed by atoms with Gasteiger partial charge in [-0.1, -0.05) is 0 Å². The van der Waals surface area contributed by atoms with E-state index in [0.29, 0.717) is 31.7 Å². The summed E-state index contributed by atoms with van der Waals surface area (Å²) in [6, 6.07) is 1.74. The highest BCUT2D eigenvalue weighted by molar-refractivity contribution is 5.85. The topological polar surface area (TPSA) is 81.6 Å². The van der Waals surface area contributed by atoms with E-state index in [1.54, 1.807) is 6.07 Å². The lowest BCUT2D eigenvalue weighted by Crippen LogP contribution is -2.37. The average molecular weight is 279 g/mol. The van der Waals surface area contributed by atoms with Gasteiger partial charge in [0.2, 0.25) is 5.82 Å². The molecular formula is C13H17N3O4. The molecule has 20 heavy (non-hydrogen) atoms. The van der Waals surface area contributed by atoms with Crippen LogP contribution in [0.3, 0.4) is 0 Å². The minimum absolute atomic E-state index is 0.0418. The first-order valence-corrected chi connectivity index (χ1v) is 6.40. The predicted molar refractivity (Wildman–Crippen MR) is 70.3 cm³/mol. The predicted octanol–water partition coefficient (Wildman–Crippen LogP) is 0.653. The molecule has 2 rings (SSSR count). The number of esters is 2. The molecule has 1 aromatic heterocycles. The minimum atomic E-state index is -0.559. The second-order valence-corrected chi connectivity index (χ2v) is 4.51. The van der Waals surface area contributed by atoms with E-state index >= 15 is 0 Å². The van der Waals surface area contributed by atoms with Crippen molar-refractivity contribution in [3.05, 3.63) is 18.1 Å². The number of methoxy groups -OCH3 is 2. The molecule has 7 heteroatoms. The van der Waals surface area contributed by atoms with Gasteiger partial charge < -0.3 is 14.4 Å². The molecule has 108 valence electrons. The van der Waals surface area contributed by atoms with Gasteiger partial charge in [-0.15, -0.1) is 0 Å². The fourth-order valence-corrected chi connectivity index (χ4v) is 2.23. The quantitative estimate of drug-likeness (QED) is 0.751. The van der Waals surface area contributed by atoms with Crippen LogP contribution in [-0.2, 0) is 14.3 Å². The molecule has 0 aromatic carbocycles. The van der Waals surface area contributed by atoms with Crippen LogP contribution < -0.4 is 4.90 Å². The minimum Gasteiger partial charge on any atom is -0.469 e. The average Bonchev–Trinajstić information content (AvgIpc) is 2.53. The van der Waals surface area contributed by atoms with Crippen molar-refractivity contribution < 1.29 is 19.1 Å². The second-order valence-electron chi connectivity index (χ2n) is 4.51. The van der Waals surface area contributed by atoms with Gasteiger partial charge in [0.1, 0.15) is 5.82 Å². The van der Waals surface area contributed by atoms with Crippen LogP contribution in [0.5, 0.6) is 0 Å². The molecule has 0 aliphatic carbocycles. The Hall–Kier alpha value is -2.18. The summed E-state index contributed by atoms with van der Waals surface area (Å²) >= 11 is 0. The van der Waals surface area contributed by atoms with E-state index in [1.807, 2.05) is 4.90 Å². The molecule has 0 saturated carbocycles. The fourth-order valence-electron chi connectivity index (χ4n) is 2.23. The molecule has 0 unspecified atom stereocenters. The van der Waals surface area contributed by atoms with Crippen molar-refractivity contribution in [2.45, 2.75) is 12.8 Å². The highest BCUT2D eigenvalue weighted by atomic mass is 16.5. The number of aromatic nitrogens is 2. The Morgan fingerprint density at radius 1 is 1.25 bits per heavy atom. The number of carbonyl (C=O) groups excluding carboxylic acids is 2. The first-order valence-electron chi connectivity index (χ1n) is 6.40. The van der Waals surface area contributed by atoms with Gasteiger partial charge in [0.05, 0.1) is 20.1 Å². The van der Waals surface area contributed by atoms with Crippen LogP contribution in [0, 0.1) is 5.92 Å². The fraction of sp³-hybridized carbons (Fsp3) is 0.538. The molecule has 0 amide bonds. The van der Waals surface area contributed by atoms with Gasteiger partial charge in [-0.2, -0.15) is 0 Å². The maximum atomic E-state index is 11.5. The summed E-state index contributed by atoms with van der Waals surface area (Å²) in [6.07, 6.45) is 2.95. The number of carbonyl (C=O) groups is 2. The normalized spacial score (nSPS) is 15.8. The van der Waals surface area contributed by atoms with Crippen molar-refractivity contribution in [1.29, 1.82) is 0 Å². The van der Waals surface area contributed by atoms with E-state index in [4.69, 9.17) is 4.74 Å². The van der Waals surface area contributed by atoms with E-state index in [9.17, 15) is 9.59 Å². The van der Waals surface area contributed by atoms with Crippen LogP contribution in [0.15, 0.2) is 12.3 Å². The zero-order valence-corrected chi connectivity index (χ0v) is 11.5. The van der Waals surface area contributed by atoms with Crippen molar-refractivity contribution in [2.24, 2.45) is 5.92 Å². The third kappa shape index (κ3) is 3.04. The third-order valence-electron chi connectivity index (χ3n) is 3.36. The summed E-state index contributed by atoms with van der Waals surface area (Å²) in [7, 11) is 2.70. The first-order chi connectivity index (χ1) is 9.65. The van der Waals surface area contributed by atoms with Gasteiger partial charge in [-0.3, -0.25) is 4.79 Å². The summed E-state index contributed by atoms with van der Waals surface area (Å²) in [4.78, 5) is 32.9. The molecule has 0 bridgehead atoms. The van der Waals surface area contributed by atoms with Crippen molar-refractivity contribution in [1.82, 2.24) is 9.97 Å². The van der Waals surface area contributed by atoms with E-state index in [1.165, 1.54) is 20.4 Å². The standard InChI is InChI=1S/C13H17N3O4/c1-19-12(17)9-4-7-16(8-5-9)10-3-6-14-11(15-10)13(18)20-2/h3,6,9H,4-5,7-8H2,1-2H3. The van der Waals surface area contributed by atoms with Crippen LogP contribution >= 0.6 is 0 Å². The molecule has 1 aliphatic rings. The number of piperidine rings is 1. The molecule has 1 fully saturated rings. The molecular weight excluding hydrogens is 262 g/mol. The van der Waals surface area contributed by atoms with E-state index < -0.39 is 5.97 Å². The lowest BCUT2D eigenvalue weighted by molar-refractivity contribution is -0.146. The lowest BCUT2D eigenvalue weighted by atomic mass is 9.97. The maximum Gasteiger partial charge on any atom is 0.376 e. The number of anilines is 1. The summed E-state index contributed by atoms with van der Waals surface area (Å²) in [5.41, 5.74) is 0. The summed E-state index contributed by atoms with van der Waals surface area (Å²) in [6.45, 7) is 1.38. The molecule has 1 aliphatic heterocycles. The van der Waals surface area contributed by atoms with Crippen LogP contribution in [0.1, 0.15) is 23.5 Å². The SMILES string of the molecule is COC(=O)c1nccc(N2CCC(C(=O)OC)CC2)n1. The highest BCUT2D eigenvalue weighted by Crippen LogP contribution is 2.22. The zero-order valence-electron chi connectivity index (χ0n) is 11.5. The number of hydrogen-bond acceptors (Lipinski definition) is 7. The Morgan fingerprint density at radius 2 is 1.95 bits per heavy atom. The monoisotopic (exact) mass is 279 g/mol. The molecule has 0 radical (unpaired) electrons. The lowest BCUT2D eigenvalue weighted by Gasteiger charge is -2.31. The number of ether oxygens (including phenoxy) is 2. The molecule has 0 spiro atoms. The summed E-state index contributed by atoms with van der Waals surface area (Å²) in [5, 5.41) is 0.